The minimum absolute atomic E-state index is 0.0546. The summed E-state index contributed by atoms with van der Waals surface area (Å²) in [6.07, 6.45) is 2.84. The molecule has 2 aliphatic heterocycles. The topological polar surface area (TPSA) is 91.9 Å². The number of aromatic nitrogens is 2. The molecule has 10 heteroatoms. The fourth-order valence-electron chi connectivity index (χ4n) is 4.07. The monoisotopic (exact) mass is 506 g/mol. The summed E-state index contributed by atoms with van der Waals surface area (Å²) in [4.78, 5) is 24.4. The Balaban J connectivity index is 1.21. The van der Waals surface area contributed by atoms with Gasteiger partial charge in [0.1, 0.15) is 10.8 Å². The number of likely N-dealkylation sites (tertiary alicyclic amines) is 1. The van der Waals surface area contributed by atoms with Crippen LogP contribution in [0.5, 0.6) is 11.6 Å². The Labute approximate surface area is 214 Å². The van der Waals surface area contributed by atoms with Gasteiger partial charge in [0, 0.05) is 49.3 Å². The van der Waals surface area contributed by atoms with E-state index in [2.05, 4.69) is 44.2 Å². The first-order chi connectivity index (χ1) is 17.6. The van der Waals surface area contributed by atoms with Crippen molar-refractivity contribution in [3.05, 3.63) is 72.4 Å². The molecule has 2 saturated heterocycles. The van der Waals surface area contributed by atoms with Crippen LogP contribution in [0.3, 0.4) is 0 Å². The molecular formula is C26H27ClN6O3. The van der Waals surface area contributed by atoms with Crippen molar-refractivity contribution in [2.24, 2.45) is 0 Å². The van der Waals surface area contributed by atoms with E-state index >= 15 is 0 Å². The van der Waals surface area contributed by atoms with Gasteiger partial charge in [-0.05, 0) is 42.5 Å². The molecular weight excluding hydrogens is 480 g/mol. The van der Waals surface area contributed by atoms with Crippen molar-refractivity contribution in [1.82, 2.24) is 14.9 Å². The molecule has 0 unspecified atom stereocenters. The number of benzene rings is 2. The number of morpholine rings is 1. The van der Waals surface area contributed by atoms with Crippen molar-refractivity contribution in [1.29, 1.82) is 0 Å². The van der Waals surface area contributed by atoms with Gasteiger partial charge < -0.3 is 29.9 Å². The number of amides is 1. The van der Waals surface area contributed by atoms with Crippen LogP contribution in [0.25, 0.3) is 0 Å². The fraction of sp³-hybridized carbons (Fsp3) is 0.269. The normalized spacial score (nSPS) is 15.7. The maximum atomic E-state index is 11.6. The van der Waals surface area contributed by atoms with E-state index in [1.165, 1.54) is 12.3 Å². The average Bonchev–Trinajstić information content (AvgIpc) is 2.89. The van der Waals surface area contributed by atoms with Gasteiger partial charge in [0.2, 0.25) is 17.7 Å². The van der Waals surface area contributed by atoms with E-state index in [4.69, 9.17) is 21.1 Å². The Morgan fingerprint density at radius 1 is 1.14 bits per heavy atom. The van der Waals surface area contributed by atoms with Gasteiger partial charge in [-0.2, -0.15) is 4.98 Å². The maximum Gasteiger partial charge on any atom is 0.246 e. The molecule has 186 valence electrons. The molecule has 2 fully saturated rings. The molecule has 0 radical (unpaired) electrons. The smallest absolute Gasteiger partial charge is 0.246 e. The summed E-state index contributed by atoms with van der Waals surface area (Å²) in [5.74, 6) is 1.16. The SMILES string of the molecule is C=CC(=O)N1CC(Nc2cccc(Oc3nc(Nc4ccc(N5CCOCC5)cc4)ncc3Cl)c2)C1. The number of ether oxygens (including phenoxy) is 2. The molecule has 0 spiro atoms. The number of hydrogen-bond donors (Lipinski definition) is 2. The molecule has 1 amide bonds. The zero-order valence-electron chi connectivity index (χ0n) is 19.7. The van der Waals surface area contributed by atoms with Crippen LogP contribution in [0, 0.1) is 0 Å². The second-order valence-corrected chi connectivity index (χ2v) is 8.94. The Morgan fingerprint density at radius 3 is 2.67 bits per heavy atom. The highest BCUT2D eigenvalue weighted by Crippen LogP contribution is 2.30. The van der Waals surface area contributed by atoms with Gasteiger partial charge >= 0.3 is 0 Å². The molecule has 0 aliphatic carbocycles. The first kappa shape index (κ1) is 23.9. The highest BCUT2D eigenvalue weighted by atomic mass is 35.5. The molecule has 1 aromatic heterocycles. The summed E-state index contributed by atoms with van der Waals surface area (Å²) in [5, 5.41) is 6.91. The average molecular weight is 507 g/mol. The number of anilines is 4. The predicted octanol–water partition coefficient (Wildman–Crippen LogP) is 4.31. The van der Waals surface area contributed by atoms with Crippen molar-refractivity contribution in [3.63, 3.8) is 0 Å². The van der Waals surface area contributed by atoms with Crippen molar-refractivity contribution in [2.45, 2.75) is 6.04 Å². The third-order valence-corrected chi connectivity index (χ3v) is 6.26. The minimum atomic E-state index is -0.0546. The number of carbonyl (C=O) groups is 1. The summed E-state index contributed by atoms with van der Waals surface area (Å²) in [6, 6.07) is 15.8. The van der Waals surface area contributed by atoms with Gasteiger partial charge in [-0.25, -0.2) is 4.98 Å². The quantitative estimate of drug-likeness (QED) is 0.437. The van der Waals surface area contributed by atoms with Gasteiger partial charge in [0.25, 0.3) is 0 Å². The standard InChI is InChI=1S/C26H27ClN6O3/c1-2-24(34)33-16-20(17-33)29-19-4-3-5-22(14-19)36-25-23(27)15-28-26(31-25)30-18-6-8-21(9-7-18)32-10-12-35-13-11-32/h2-9,14-15,20,29H,1,10-13,16-17H2,(H,28,30,31). The highest BCUT2D eigenvalue weighted by molar-refractivity contribution is 6.31. The van der Waals surface area contributed by atoms with Crippen LogP contribution in [0.15, 0.2) is 67.4 Å². The van der Waals surface area contributed by atoms with E-state index in [1.54, 1.807) is 4.90 Å². The van der Waals surface area contributed by atoms with Crippen molar-refractivity contribution < 1.29 is 14.3 Å². The summed E-state index contributed by atoms with van der Waals surface area (Å²) < 4.78 is 11.4. The molecule has 3 heterocycles. The molecule has 36 heavy (non-hydrogen) atoms. The van der Waals surface area contributed by atoms with Crippen LogP contribution < -0.4 is 20.3 Å². The minimum Gasteiger partial charge on any atom is -0.437 e. The molecule has 0 atom stereocenters. The van der Waals surface area contributed by atoms with Crippen LogP contribution >= 0.6 is 11.6 Å². The van der Waals surface area contributed by atoms with Crippen molar-refractivity contribution in [3.8, 4) is 11.6 Å². The number of nitrogens with one attached hydrogen (secondary N) is 2. The Bertz CT molecular complexity index is 1230. The highest BCUT2D eigenvalue weighted by Gasteiger charge is 2.29. The fourth-order valence-corrected chi connectivity index (χ4v) is 4.19. The van der Waals surface area contributed by atoms with Gasteiger partial charge in [0.05, 0.1) is 25.5 Å². The van der Waals surface area contributed by atoms with Gasteiger partial charge in [-0.15, -0.1) is 0 Å². The second-order valence-electron chi connectivity index (χ2n) is 8.54. The van der Waals surface area contributed by atoms with Crippen LogP contribution in [0.2, 0.25) is 5.02 Å². The van der Waals surface area contributed by atoms with Gasteiger partial charge in [0.15, 0.2) is 0 Å². The summed E-state index contributed by atoms with van der Waals surface area (Å²) >= 11 is 6.32. The van der Waals surface area contributed by atoms with Crippen molar-refractivity contribution >= 4 is 40.5 Å². The number of hydrogen-bond acceptors (Lipinski definition) is 8. The Hall–Kier alpha value is -3.82. The third kappa shape index (κ3) is 5.69. The molecule has 0 saturated carbocycles. The Morgan fingerprint density at radius 2 is 1.92 bits per heavy atom. The van der Waals surface area contributed by atoms with E-state index in [-0.39, 0.29) is 17.8 Å². The number of halogens is 1. The van der Waals surface area contributed by atoms with Crippen LogP contribution in [-0.4, -0.2) is 66.2 Å². The van der Waals surface area contributed by atoms with E-state index in [0.29, 0.717) is 29.8 Å². The number of rotatable bonds is 8. The summed E-state index contributed by atoms with van der Waals surface area (Å²) in [5.41, 5.74) is 2.89. The summed E-state index contributed by atoms with van der Waals surface area (Å²) in [7, 11) is 0. The molecule has 2 aromatic carbocycles. The van der Waals surface area contributed by atoms with Gasteiger partial charge in [-0.1, -0.05) is 24.2 Å². The van der Waals surface area contributed by atoms with E-state index in [0.717, 1.165) is 43.4 Å². The zero-order chi connectivity index (χ0) is 24.9. The van der Waals surface area contributed by atoms with E-state index < -0.39 is 0 Å². The number of carbonyl (C=O) groups excluding carboxylic acids is 1. The maximum absolute atomic E-state index is 11.6. The predicted molar refractivity (Wildman–Crippen MR) is 141 cm³/mol. The zero-order valence-corrected chi connectivity index (χ0v) is 20.4. The molecule has 5 rings (SSSR count). The molecule has 2 aliphatic rings. The lowest BCUT2D eigenvalue weighted by atomic mass is 10.1. The lowest BCUT2D eigenvalue weighted by Crippen LogP contribution is -2.56. The number of nitrogens with zero attached hydrogens (tertiary/aromatic N) is 4. The molecule has 9 nitrogen and oxygen atoms in total. The largest absolute Gasteiger partial charge is 0.437 e. The second kappa shape index (κ2) is 10.8. The lowest BCUT2D eigenvalue weighted by Gasteiger charge is -2.39. The van der Waals surface area contributed by atoms with Gasteiger partial charge in [-0.3, -0.25) is 4.79 Å². The van der Waals surface area contributed by atoms with Crippen LogP contribution in [0.4, 0.5) is 23.0 Å². The Kier molecular flexibility index (Phi) is 7.20. The molecule has 3 aromatic rings. The van der Waals surface area contributed by atoms with Crippen molar-refractivity contribution in [2.75, 3.05) is 54.9 Å². The van der Waals surface area contributed by atoms with E-state index in [1.807, 2.05) is 36.4 Å². The summed E-state index contributed by atoms with van der Waals surface area (Å²) in [6.45, 7) is 8.06. The first-order valence-corrected chi connectivity index (χ1v) is 12.1. The molecule has 2 N–H and O–H groups in total. The third-order valence-electron chi connectivity index (χ3n) is 6.00. The lowest BCUT2D eigenvalue weighted by molar-refractivity contribution is -0.129. The first-order valence-electron chi connectivity index (χ1n) is 11.8. The van der Waals surface area contributed by atoms with Crippen LogP contribution in [-0.2, 0) is 9.53 Å². The molecule has 0 bridgehead atoms. The van der Waals surface area contributed by atoms with Crippen LogP contribution in [0.1, 0.15) is 0 Å². The van der Waals surface area contributed by atoms with E-state index in [9.17, 15) is 4.79 Å².